The van der Waals surface area contributed by atoms with E-state index >= 15 is 0 Å². The van der Waals surface area contributed by atoms with E-state index in [0.717, 1.165) is 0 Å². The van der Waals surface area contributed by atoms with E-state index in [2.05, 4.69) is 10.5 Å². The fourth-order valence-corrected chi connectivity index (χ4v) is 3.16. The molecule has 0 spiro atoms. The van der Waals surface area contributed by atoms with Gasteiger partial charge >= 0.3 is 5.97 Å². The Morgan fingerprint density at radius 1 is 1.07 bits per heavy atom. The normalized spacial score (nSPS) is 10.9. The lowest BCUT2D eigenvalue weighted by molar-refractivity contribution is -0.147. The summed E-state index contributed by atoms with van der Waals surface area (Å²) < 4.78 is 11.7. The molecule has 8 nitrogen and oxygen atoms in total. The second-order valence-electron chi connectivity index (χ2n) is 6.49. The van der Waals surface area contributed by atoms with Gasteiger partial charge < -0.3 is 13.8 Å². The zero-order chi connectivity index (χ0) is 20.4. The fraction of sp³-hybridized carbons (Fsp3) is 0.143. The third-order valence-electron chi connectivity index (χ3n) is 4.42. The molecule has 2 aromatic carbocycles. The van der Waals surface area contributed by atoms with Crippen LogP contribution in [0.5, 0.6) is 0 Å². The maximum atomic E-state index is 12.7. The molecule has 0 aliphatic heterocycles. The molecule has 1 N–H and O–H groups in total. The first-order chi connectivity index (χ1) is 14.0. The minimum atomic E-state index is -0.604. The van der Waals surface area contributed by atoms with E-state index in [1.54, 1.807) is 66.1 Å². The number of anilines is 1. The lowest BCUT2D eigenvalue weighted by atomic mass is 10.1. The number of rotatable bonds is 5. The maximum Gasteiger partial charge on any atom is 0.326 e. The third-order valence-corrected chi connectivity index (χ3v) is 4.42. The molecule has 2 aromatic heterocycles. The molecular formula is C21H17N3O5. The van der Waals surface area contributed by atoms with Crippen LogP contribution in [0.1, 0.15) is 5.69 Å². The number of hydrogen-bond acceptors (Lipinski definition) is 6. The number of amides is 1. The highest BCUT2D eigenvalue weighted by atomic mass is 16.5. The first-order valence-corrected chi connectivity index (χ1v) is 8.92. The van der Waals surface area contributed by atoms with Crippen LogP contribution in [0.3, 0.4) is 0 Å². The zero-order valence-corrected chi connectivity index (χ0v) is 15.5. The molecule has 0 radical (unpaired) electrons. The van der Waals surface area contributed by atoms with Crippen LogP contribution in [0.15, 0.2) is 63.9 Å². The van der Waals surface area contributed by atoms with Gasteiger partial charge in [-0.15, -0.1) is 0 Å². The highest BCUT2D eigenvalue weighted by molar-refractivity contribution is 5.95. The van der Waals surface area contributed by atoms with Crippen molar-refractivity contribution in [2.45, 2.75) is 13.5 Å². The number of benzene rings is 2. The minimum Gasteiger partial charge on any atom is -0.454 e. The molecule has 0 aliphatic carbocycles. The third kappa shape index (κ3) is 3.73. The summed E-state index contributed by atoms with van der Waals surface area (Å²) in [5.41, 5.74) is 1.77. The number of aromatic nitrogens is 2. The van der Waals surface area contributed by atoms with E-state index in [9.17, 15) is 14.4 Å². The molecule has 0 saturated carbocycles. The summed E-state index contributed by atoms with van der Waals surface area (Å²) in [6, 6.07) is 15.7. The summed E-state index contributed by atoms with van der Waals surface area (Å²) in [4.78, 5) is 37.1. The van der Waals surface area contributed by atoms with Crippen molar-refractivity contribution >= 4 is 39.6 Å². The van der Waals surface area contributed by atoms with Crippen molar-refractivity contribution in [2.75, 3.05) is 11.9 Å². The number of nitrogens with one attached hydrogen (secondary N) is 1. The van der Waals surface area contributed by atoms with Crippen LogP contribution in [-0.2, 0) is 20.9 Å². The second kappa shape index (κ2) is 7.59. The molecule has 0 unspecified atom stereocenters. The zero-order valence-electron chi connectivity index (χ0n) is 15.5. The van der Waals surface area contributed by atoms with Crippen LogP contribution < -0.4 is 10.7 Å². The molecule has 0 atom stereocenters. The van der Waals surface area contributed by atoms with Crippen LogP contribution in [0.25, 0.3) is 21.8 Å². The molecule has 0 fully saturated rings. The highest BCUT2D eigenvalue weighted by Gasteiger charge is 2.15. The number of ether oxygens (including phenoxy) is 1. The summed E-state index contributed by atoms with van der Waals surface area (Å²) in [5, 5.41) is 7.14. The van der Waals surface area contributed by atoms with Gasteiger partial charge in [0.15, 0.2) is 12.0 Å². The van der Waals surface area contributed by atoms with Crippen molar-refractivity contribution in [3.8, 4) is 0 Å². The van der Waals surface area contributed by atoms with Gasteiger partial charge in [0, 0.05) is 16.8 Å². The van der Waals surface area contributed by atoms with Crippen LogP contribution in [0.4, 0.5) is 5.88 Å². The molecule has 0 bridgehead atoms. The molecule has 1 amide bonds. The first kappa shape index (κ1) is 18.4. The molecule has 4 aromatic rings. The van der Waals surface area contributed by atoms with E-state index in [1.807, 2.05) is 0 Å². The SMILES string of the molecule is Cc1cc(NC(=O)COC(=O)Cn2c3ccccc3c(=O)c3ccccc32)on1. The summed E-state index contributed by atoms with van der Waals surface area (Å²) in [7, 11) is 0. The number of pyridine rings is 1. The van der Waals surface area contributed by atoms with Crippen molar-refractivity contribution < 1.29 is 18.8 Å². The summed E-state index contributed by atoms with van der Waals surface area (Å²) >= 11 is 0. The van der Waals surface area contributed by atoms with Crippen molar-refractivity contribution in [2.24, 2.45) is 0 Å². The molecule has 4 rings (SSSR count). The topological polar surface area (TPSA) is 103 Å². The van der Waals surface area contributed by atoms with Gasteiger partial charge in [-0.3, -0.25) is 19.7 Å². The van der Waals surface area contributed by atoms with Gasteiger partial charge in [0.1, 0.15) is 6.54 Å². The van der Waals surface area contributed by atoms with Gasteiger partial charge in [-0.2, -0.15) is 0 Å². The number of fused-ring (bicyclic) bond motifs is 2. The van der Waals surface area contributed by atoms with Crippen molar-refractivity contribution in [1.82, 2.24) is 9.72 Å². The molecular weight excluding hydrogens is 374 g/mol. The smallest absolute Gasteiger partial charge is 0.326 e. The largest absolute Gasteiger partial charge is 0.454 e. The van der Waals surface area contributed by atoms with Gasteiger partial charge in [-0.05, 0) is 31.2 Å². The average molecular weight is 391 g/mol. The number of carbonyl (C=O) groups excluding carboxylic acids is 2. The summed E-state index contributed by atoms with van der Waals surface area (Å²) in [6.07, 6.45) is 0. The van der Waals surface area contributed by atoms with Gasteiger partial charge in [0.05, 0.1) is 16.7 Å². The fourth-order valence-electron chi connectivity index (χ4n) is 3.16. The number of nitrogens with zero attached hydrogens (tertiary/aromatic N) is 2. The van der Waals surface area contributed by atoms with Crippen molar-refractivity contribution in [3.05, 3.63) is 70.5 Å². The van der Waals surface area contributed by atoms with Crippen LogP contribution in [0.2, 0.25) is 0 Å². The molecule has 8 heteroatoms. The average Bonchev–Trinajstić information content (AvgIpc) is 3.14. The number of carbonyl (C=O) groups is 2. The summed E-state index contributed by atoms with van der Waals surface area (Å²) in [6.45, 7) is 1.11. The Kier molecular flexibility index (Phi) is 4.82. The van der Waals surface area contributed by atoms with Gasteiger partial charge in [-0.1, -0.05) is 29.4 Å². The Labute approximate surface area is 164 Å². The molecule has 0 saturated heterocycles. The van der Waals surface area contributed by atoms with Crippen LogP contribution in [-0.4, -0.2) is 28.2 Å². The number of esters is 1. The predicted octanol–water partition coefficient (Wildman–Crippen LogP) is 2.63. The quantitative estimate of drug-likeness (QED) is 0.414. The van der Waals surface area contributed by atoms with E-state index in [-0.39, 0.29) is 17.9 Å². The van der Waals surface area contributed by atoms with Gasteiger partial charge in [0.25, 0.3) is 5.91 Å². The molecule has 2 heterocycles. The number of aryl methyl sites for hydroxylation is 1. The van der Waals surface area contributed by atoms with Crippen LogP contribution >= 0.6 is 0 Å². The lowest BCUT2D eigenvalue weighted by Crippen LogP contribution is -2.23. The van der Waals surface area contributed by atoms with E-state index in [0.29, 0.717) is 27.5 Å². The molecule has 146 valence electrons. The Hall–Kier alpha value is -3.94. The minimum absolute atomic E-state index is 0.0949. The van der Waals surface area contributed by atoms with Crippen molar-refractivity contribution in [1.29, 1.82) is 0 Å². The Bertz CT molecular complexity index is 1230. The van der Waals surface area contributed by atoms with E-state index < -0.39 is 18.5 Å². The molecule has 0 aliphatic rings. The Balaban J connectivity index is 1.55. The van der Waals surface area contributed by atoms with Gasteiger partial charge in [-0.25, -0.2) is 0 Å². The van der Waals surface area contributed by atoms with Gasteiger partial charge in [0.2, 0.25) is 5.88 Å². The maximum absolute atomic E-state index is 12.7. The Morgan fingerprint density at radius 3 is 2.28 bits per heavy atom. The standard InChI is InChI=1S/C21H17N3O5/c1-13-10-19(29-23-13)22-18(25)12-28-20(26)11-24-16-8-4-2-6-14(16)21(27)15-7-3-5-9-17(15)24/h2-10H,11-12H2,1H3,(H,22,25). The Morgan fingerprint density at radius 2 is 1.69 bits per heavy atom. The predicted molar refractivity (Wildman–Crippen MR) is 107 cm³/mol. The van der Waals surface area contributed by atoms with Crippen molar-refractivity contribution in [3.63, 3.8) is 0 Å². The molecule has 29 heavy (non-hydrogen) atoms. The highest BCUT2D eigenvalue weighted by Crippen LogP contribution is 2.19. The number of para-hydroxylation sites is 2. The summed E-state index contributed by atoms with van der Waals surface area (Å²) in [5.74, 6) is -0.960. The first-order valence-electron chi connectivity index (χ1n) is 8.92. The number of hydrogen-bond donors (Lipinski definition) is 1. The lowest BCUT2D eigenvalue weighted by Gasteiger charge is -2.14. The van der Waals surface area contributed by atoms with E-state index in [1.165, 1.54) is 0 Å². The second-order valence-corrected chi connectivity index (χ2v) is 6.49. The monoisotopic (exact) mass is 391 g/mol. The van der Waals surface area contributed by atoms with Crippen LogP contribution in [0, 0.1) is 6.92 Å². The van der Waals surface area contributed by atoms with E-state index in [4.69, 9.17) is 9.26 Å².